The zero-order valence-corrected chi connectivity index (χ0v) is 17.6. The Labute approximate surface area is 181 Å². The van der Waals surface area contributed by atoms with E-state index in [0.717, 1.165) is 16.7 Å². The molecule has 3 rings (SSSR count). The summed E-state index contributed by atoms with van der Waals surface area (Å²) in [6.45, 7) is 1.85. The highest BCUT2D eigenvalue weighted by molar-refractivity contribution is 8.18. The Morgan fingerprint density at radius 3 is 2.52 bits per heavy atom. The van der Waals surface area contributed by atoms with Gasteiger partial charge in [-0.2, -0.15) is 0 Å². The Morgan fingerprint density at radius 2 is 1.83 bits per heavy atom. The monoisotopic (exact) mass is 450 g/mol. The number of hydrogen-bond acceptors (Lipinski definition) is 6. The lowest BCUT2D eigenvalue weighted by Gasteiger charge is -2.16. The van der Waals surface area contributed by atoms with Crippen LogP contribution in [0.2, 0.25) is 10.0 Å². The van der Waals surface area contributed by atoms with Crippen LogP contribution in [0.25, 0.3) is 6.08 Å². The molecule has 0 atom stereocenters. The number of nitrogens with one attached hydrogen (secondary N) is 1. The van der Waals surface area contributed by atoms with E-state index in [1.165, 1.54) is 6.08 Å². The van der Waals surface area contributed by atoms with Gasteiger partial charge in [0.2, 0.25) is 0 Å². The van der Waals surface area contributed by atoms with Crippen LogP contribution in [-0.2, 0) is 9.53 Å². The van der Waals surface area contributed by atoms with Crippen molar-refractivity contribution in [1.82, 2.24) is 4.90 Å². The SMILES string of the molecule is CCOC(=O)c1ccccc1NCN1C(=O)S/C(=C\c2c(Cl)cccc2Cl)C1=O. The lowest BCUT2D eigenvalue weighted by Crippen LogP contribution is -2.33. The van der Waals surface area contributed by atoms with Gasteiger partial charge in [-0.15, -0.1) is 0 Å². The number of ether oxygens (including phenoxy) is 1. The van der Waals surface area contributed by atoms with Gasteiger partial charge in [0.25, 0.3) is 11.1 Å². The van der Waals surface area contributed by atoms with Crippen molar-refractivity contribution in [2.24, 2.45) is 0 Å². The summed E-state index contributed by atoms with van der Waals surface area (Å²) < 4.78 is 5.02. The number of imide groups is 1. The van der Waals surface area contributed by atoms with Gasteiger partial charge in [0.05, 0.1) is 29.4 Å². The van der Waals surface area contributed by atoms with Gasteiger partial charge in [-0.1, -0.05) is 41.4 Å². The fraction of sp³-hybridized carbons (Fsp3) is 0.150. The average Bonchev–Trinajstić information content (AvgIpc) is 2.96. The first-order chi connectivity index (χ1) is 13.9. The smallest absolute Gasteiger partial charge is 0.340 e. The first-order valence-electron chi connectivity index (χ1n) is 8.61. The Hall–Kier alpha value is -2.48. The van der Waals surface area contributed by atoms with E-state index in [2.05, 4.69) is 5.32 Å². The van der Waals surface area contributed by atoms with Crippen LogP contribution in [0.15, 0.2) is 47.4 Å². The maximum atomic E-state index is 12.7. The van der Waals surface area contributed by atoms with E-state index in [9.17, 15) is 14.4 Å². The lowest BCUT2D eigenvalue weighted by molar-refractivity contribution is -0.122. The summed E-state index contributed by atoms with van der Waals surface area (Å²) in [6.07, 6.45) is 1.50. The number of benzene rings is 2. The van der Waals surface area contributed by atoms with Crippen molar-refractivity contribution in [2.75, 3.05) is 18.6 Å². The topological polar surface area (TPSA) is 75.7 Å². The minimum absolute atomic E-state index is 0.103. The Balaban J connectivity index is 1.77. The van der Waals surface area contributed by atoms with Crippen LogP contribution in [0.5, 0.6) is 0 Å². The van der Waals surface area contributed by atoms with E-state index in [-0.39, 0.29) is 18.2 Å². The molecule has 2 amide bonds. The van der Waals surface area contributed by atoms with Crippen molar-refractivity contribution in [3.63, 3.8) is 0 Å². The molecule has 1 saturated heterocycles. The predicted molar refractivity (Wildman–Crippen MR) is 115 cm³/mol. The quantitative estimate of drug-likeness (QED) is 0.476. The summed E-state index contributed by atoms with van der Waals surface area (Å²) in [4.78, 5) is 38.3. The first-order valence-corrected chi connectivity index (χ1v) is 10.2. The first kappa shape index (κ1) is 21.2. The van der Waals surface area contributed by atoms with Gasteiger partial charge in [-0.05, 0) is 49.0 Å². The fourth-order valence-corrected chi connectivity index (χ4v) is 3.93. The van der Waals surface area contributed by atoms with Gasteiger partial charge < -0.3 is 10.1 Å². The van der Waals surface area contributed by atoms with Crippen molar-refractivity contribution >= 4 is 63.8 Å². The highest BCUT2D eigenvalue weighted by atomic mass is 35.5. The second kappa shape index (κ2) is 9.35. The summed E-state index contributed by atoms with van der Waals surface area (Å²) in [7, 11) is 0. The fourth-order valence-electron chi connectivity index (χ4n) is 2.60. The summed E-state index contributed by atoms with van der Waals surface area (Å²) in [5.74, 6) is -0.963. The van der Waals surface area contributed by atoms with E-state index in [1.807, 2.05) is 0 Å². The van der Waals surface area contributed by atoms with Gasteiger partial charge in [0, 0.05) is 15.6 Å². The molecule has 0 radical (unpaired) electrons. The number of carbonyl (C=O) groups is 3. The number of thioether (sulfide) groups is 1. The minimum Gasteiger partial charge on any atom is -0.462 e. The summed E-state index contributed by atoms with van der Waals surface area (Å²) >= 11 is 13.1. The van der Waals surface area contributed by atoms with E-state index >= 15 is 0 Å². The number of nitrogens with zero attached hydrogens (tertiary/aromatic N) is 1. The van der Waals surface area contributed by atoms with Crippen LogP contribution in [0.4, 0.5) is 10.5 Å². The molecule has 0 saturated carbocycles. The molecule has 0 spiro atoms. The van der Waals surface area contributed by atoms with Gasteiger partial charge in [-0.3, -0.25) is 14.5 Å². The second-order valence-electron chi connectivity index (χ2n) is 5.85. The molecule has 1 fully saturated rings. The number of esters is 1. The van der Waals surface area contributed by atoms with E-state index in [0.29, 0.717) is 26.9 Å². The average molecular weight is 451 g/mol. The molecule has 1 aliphatic rings. The Morgan fingerprint density at radius 1 is 1.14 bits per heavy atom. The van der Waals surface area contributed by atoms with Crippen molar-refractivity contribution < 1.29 is 19.1 Å². The van der Waals surface area contributed by atoms with Gasteiger partial charge >= 0.3 is 5.97 Å². The molecular weight excluding hydrogens is 435 g/mol. The Bertz CT molecular complexity index is 989. The van der Waals surface area contributed by atoms with Gasteiger partial charge in [0.1, 0.15) is 0 Å². The Kier molecular flexibility index (Phi) is 6.84. The van der Waals surface area contributed by atoms with E-state index in [1.54, 1.807) is 49.4 Å². The molecule has 0 aliphatic carbocycles. The van der Waals surface area contributed by atoms with Gasteiger partial charge in [0.15, 0.2) is 0 Å². The molecule has 0 aromatic heterocycles. The molecule has 9 heteroatoms. The third-order valence-corrected chi connectivity index (χ3v) is 5.57. The van der Waals surface area contributed by atoms with Crippen LogP contribution < -0.4 is 5.32 Å². The molecule has 6 nitrogen and oxygen atoms in total. The zero-order chi connectivity index (χ0) is 21.0. The molecule has 1 heterocycles. The maximum Gasteiger partial charge on any atom is 0.340 e. The summed E-state index contributed by atoms with van der Waals surface area (Å²) in [6, 6.07) is 11.7. The molecule has 2 aromatic carbocycles. The number of carbonyl (C=O) groups excluding carboxylic acids is 3. The molecule has 2 aromatic rings. The normalized spacial score (nSPS) is 15.1. The van der Waals surface area contributed by atoms with Crippen molar-refractivity contribution in [1.29, 1.82) is 0 Å². The minimum atomic E-state index is -0.488. The van der Waals surface area contributed by atoms with E-state index in [4.69, 9.17) is 27.9 Å². The second-order valence-corrected chi connectivity index (χ2v) is 7.65. The summed E-state index contributed by atoms with van der Waals surface area (Å²) in [5, 5.41) is 3.27. The van der Waals surface area contributed by atoms with Crippen molar-refractivity contribution in [3.8, 4) is 0 Å². The van der Waals surface area contributed by atoms with Crippen LogP contribution in [-0.4, -0.2) is 35.3 Å². The molecule has 150 valence electrons. The van der Waals surface area contributed by atoms with Crippen LogP contribution in [0, 0.1) is 0 Å². The van der Waals surface area contributed by atoms with Crippen LogP contribution >= 0.6 is 35.0 Å². The lowest BCUT2D eigenvalue weighted by atomic mass is 10.2. The van der Waals surface area contributed by atoms with Crippen molar-refractivity contribution in [2.45, 2.75) is 6.92 Å². The third kappa shape index (κ3) is 4.75. The van der Waals surface area contributed by atoms with Gasteiger partial charge in [-0.25, -0.2) is 4.79 Å². The summed E-state index contributed by atoms with van der Waals surface area (Å²) in [5.41, 5.74) is 1.25. The van der Waals surface area contributed by atoms with Crippen LogP contribution in [0.1, 0.15) is 22.8 Å². The van der Waals surface area contributed by atoms with Crippen LogP contribution in [0.3, 0.4) is 0 Å². The number of anilines is 1. The maximum absolute atomic E-state index is 12.7. The molecule has 1 N–H and O–H groups in total. The molecular formula is C20H16Cl2N2O4S. The van der Waals surface area contributed by atoms with Crippen molar-refractivity contribution in [3.05, 3.63) is 68.5 Å². The highest BCUT2D eigenvalue weighted by Crippen LogP contribution is 2.35. The van der Waals surface area contributed by atoms with E-state index < -0.39 is 17.1 Å². The molecule has 0 unspecified atom stereocenters. The molecule has 1 aliphatic heterocycles. The number of hydrogen-bond donors (Lipinski definition) is 1. The number of halogens is 2. The number of para-hydroxylation sites is 1. The number of rotatable bonds is 6. The standard InChI is InChI=1S/C20H16Cl2N2O4S/c1-2-28-19(26)12-6-3-4-9-16(12)23-11-24-18(25)17(29-20(24)27)10-13-14(21)7-5-8-15(13)22/h3-10,23H,2,11H2,1H3/b17-10-. The predicted octanol–water partition coefficient (Wildman–Crippen LogP) is 5.28. The zero-order valence-electron chi connectivity index (χ0n) is 15.3. The molecule has 0 bridgehead atoms. The number of amides is 2. The molecule has 29 heavy (non-hydrogen) atoms. The largest absolute Gasteiger partial charge is 0.462 e. The highest BCUT2D eigenvalue weighted by Gasteiger charge is 2.35. The third-order valence-electron chi connectivity index (χ3n) is 4.00.